The molecular formula is C18H22NNaO3. The topological polar surface area (TPSA) is 69.2 Å². The molecule has 1 N–H and O–H groups in total. The predicted molar refractivity (Wildman–Crippen MR) is 79.2 cm³/mol. The number of allylic oxidation sites excluding steroid dienone is 4. The van der Waals surface area contributed by atoms with Crippen molar-refractivity contribution in [1.29, 1.82) is 0 Å². The number of amides is 1. The molecule has 7 atom stereocenters. The quantitative estimate of drug-likeness (QED) is 0.465. The Bertz CT molecular complexity index is 558. The third-order valence-electron chi connectivity index (χ3n) is 6.26. The zero-order valence-electron chi connectivity index (χ0n) is 13.6. The van der Waals surface area contributed by atoms with Gasteiger partial charge in [-0.3, -0.25) is 4.79 Å². The Labute approximate surface area is 159 Å². The van der Waals surface area contributed by atoms with E-state index in [1.54, 1.807) is 0 Å². The van der Waals surface area contributed by atoms with Crippen LogP contribution in [0.2, 0.25) is 0 Å². The number of fused-ring (bicyclic) bond motifs is 4. The van der Waals surface area contributed by atoms with Gasteiger partial charge >= 0.3 is 29.6 Å². The normalized spacial score (nSPS) is 42.0. The molecule has 0 aromatic heterocycles. The van der Waals surface area contributed by atoms with Crippen LogP contribution < -0.4 is 40.0 Å². The number of carboxylic acid groups (broad SMARTS) is 1. The molecule has 4 nitrogen and oxygen atoms in total. The van der Waals surface area contributed by atoms with Crippen molar-refractivity contribution >= 4 is 11.9 Å². The molecule has 2 saturated carbocycles. The van der Waals surface area contributed by atoms with Crippen LogP contribution in [0.3, 0.4) is 0 Å². The number of carbonyl (C=O) groups excluding carboxylic acids is 2. The molecule has 0 unspecified atom stereocenters. The first kappa shape index (κ1) is 17.2. The van der Waals surface area contributed by atoms with Crippen LogP contribution >= 0.6 is 0 Å². The molecule has 4 aliphatic rings. The fraction of sp³-hybridized carbons (Fsp3) is 0.667. The monoisotopic (exact) mass is 323 g/mol. The summed E-state index contributed by atoms with van der Waals surface area (Å²) in [6.45, 7) is 0.665. The van der Waals surface area contributed by atoms with Crippen LogP contribution in [0.4, 0.5) is 0 Å². The summed E-state index contributed by atoms with van der Waals surface area (Å²) >= 11 is 0. The van der Waals surface area contributed by atoms with E-state index in [1.807, 2.05) is 12.2 Å². The third-order valence-corrected chi connectivity index (χ3v) is 6.26. The molecule has 5 heteroatoms. The van der Waals surface area contributed by atoms with Crippen LogP contribution in [0.25, 0.3) is 0 Å². The number of hydrogen-bond acceptors (Lipinski definition) is 3. The van der Waals surface area contributed by atoms with Crippen molar-refractivity contribution in [3.05, 3.63) is 24.3 Å². The Morgan fingerprint density at radius 3 is 2.26 bits per heavy atom. The summed E-state index contributed by atoms with van der Waals surface area (Å²) in [5, 5.41) is 14.3. The molecule has 4 bridgehead atoms. The largest absolute Gasteiger partial charge is 1.00 e. The summed E-state index contributed by atoms with van der Waals surface area (Å²) < 4.78 is 0. The predicted octanol–water partition coefficient (Wildman–Crippen LogP) is -2.10. The van der Waals surface area contributed by atoms with Gasteiger partial charge in [-0.2, -0.15) is 0 Å². The van der Waals surface area contributed by atoms with Gasteiger partial charge in [0.2, 0.25) is 5.91 Å². The second-order valence-corrected chi connectivity index (χ2v) is 7.44. The molecule has 4 rings (SSSR count). The van der Waals surface area contributed by atoms with Crippen LogP contribution in [0.5, 0.6) is 0 Å². The molecule has 4 aliphatic carbocycles. The zero-order chi connectivity index (χ0) is 15.3. The number of carboxylic acids is 1. The van der Waals surface area contributed by atoms with Gasteiger partial charge in [-0.25, -0.2) is 0 Å². The number of carbonyl (C=O) groups is 2. The molecule has 0 saturated heterocycles. The maximum absolute atomic E-state index is 12.4. The summed E-state index contributed by atoms with van der Waals surface area (Å²) in [5.74, 6) is -0.0283. The maximum atomic E-state index is 12.4. The first-order valence-electron chi connectivity index (χ1n) is 8.48. The van der Waals surface area contributed by atoms with Crippen molar-refractivity contribution in [2.75, 3.05) is 6.54 Å². The first-order valence-corrected chi connectivity index (χ1v) is 8.48. The van der Waals surface area contributed by atoms with E-state index in [2.05, 4.69) is 17.5 Å². The van der Waals surface area contributed by atoms with Gasteiger partial charge in [0.05, 0.1) is 5.92 Å². The Kier molecular flexibility index (Phi) is 5.05. The SMILES string of the molecule is O=C([O-])[C@@H]1[C@H](C(=O)NCC[C@@H]2C[C@@H]3C=C[C@H]2C3)[C@@H]2C=C[C@H]1C2.[Na+]. The Morgan fingerprint density at radius 2 is 1.65 bits per heavy atom. The van der Waals surface area contributed by atoms with Crippen molar-refractivity contribution in [1.82, 2.24) is 5.32 Å². The second-order valence-electron chi connectivity index (χ2n) is 7.44. The van der Waals surface area contributed by atoms with Gasteiger partial charge in [0, 0.05) is 18.4 Å². The Hall–Kier alpha value is -0.580. The van der Waals surface area contributed by atoms with Crippen molar-refractivity contribution in [3.63, 3.8) is 0 Å². The fourth-order valence-corrected chi connectivity index (χ4v) is 5.23. The van der Waals surface area contributed by atoms with Crippen LogP contribution in [0.1, 0.15) is 25.7 Å². The summed E-state index contributed by atoms with van der Waals surface area (Å²) in [6.07, 6.45) is 12.9. The minimum Gasteiger partial charge on any atom is -0.550 e. The second kappa shape index (κ2) is 6.73. The fourth-order valence-electron chi connectivity index (χ4n) is 5.23. The molecule has 0 aliphatic heterocycles. The third kappa shape index (κ3) is 3.06. The molecule has 118 valence electrons. The maximum Gasteiger partial charge on any atom is 1.00 e. The van der Waals surface area contributed by atoms with Crippen molar-refractivity contribution < 1.29 is 44.3 Å². The van der Waals surface area contributed by atoms with Gasteiger partial charge in [0.15, 0.2) is 0 Å². The molecular weight excluding hydrogens is 301 g/mol. The Balaban J connectivity index is 0.00000156. The number of nitrogens with one attached hydrogen (secondary N) is 1. The summed E-state index contributed by atoms with van der Waals surface area (Å²) in [4.78, 5) is 23.8. The molecule has 0 spiro atoms. The number of aliphatic carboxylic acids is 1. The zero-order valence-corrected chi connectivity index (χ0v) is 15.6. The van der Waals surface area contributed by atoms with Crippen LogP contribution in [-0.4, -0.2) is 18.4 Å². The van der Waals surface area contributed by atoms with E-state index in [9.17, 15) is 14.7 Å². The van der Waals surface area contributed by atoms with Gasteiger partial charge in [-0.15, -0.1) is 0 Å². The molecule has 23 heavy (non-hydrogen) atoms. The van der Waals surface area contributed by atoms with Crippen molar-refractivity contribution in [3.8, 4) is 0 Å². The summed E-state index contributed by atoms with van der Waals surface area (Å²) in [5.41, 5.74) is 0. The van der Waals surface area contributed by atoms with Crippen LogP contribution in [0.15, 0.2) is 24.3 Å². The van der Waals surface area contributed by atoms with E-state index in [4.69, 9.17) is 0 Å². The molecule has 2 fully saturated rings. The molecule has 1 amide bonds. The van der Waals surface area contributed by atoms with E-state index in [0.29, 0.717) is 18.4 Å². The van der Waals surface area contributed by atoms with Gasteiger partial charge in [-0.05, 0) is 55.3 Å². The molecule has 0 radical (unpaired) electrons. The van der Waals surface area contributed by atoms with E-state index >= 15 is 0 Å². The van der Waals surface area contributed by atoms with E-state index in [0.717, 1.165) is 18.8 Å². The summed E-state index contributed by atoms with van der Waals surface area (Å²) in [6, 6.07) is 0. The Morgan fingerprint density at radius 1 is 0.957 bits per heavy atom. The minimum atomic E-state index is -1.07. The number of hydrogen-bond donors (Lipinski definition) is 1. The van der Waals surface area contributed by atoms with Crippen molar-refractivity contribution in [2.45, 2.75) is 25.7 Å². The average molecular weight is 323 g/mol. The van der Waals surface area contributed by atoms with E-state index < -0.39 is 17.8 Å². The molecule has 0 aromatic rings. The standard InChI is InChI=1S/C18H23NO3.Na/c20-17(15-13-3-4-14(9-13)16(15)18(21)22)19-6-5-12-8-10-1-2-11(12)7-10;/h1-4,10-16H,5-9H2,(H,19,20)(H,21,22);/q;+1/p-1/t10-,11+,12-,13-,14+,15-,16+;/m1./s1. The minimum absolute atomic E-state index is 0. The van der Waals surface area contributed by atoms with Crippen LogP contribution in [-0.2, 0) is 9.59 Å². The van der Waals surface area contributed by atoms with E-state index in [-0.39, 0.29) is 47.3 Å². The smallest absolute Gasteiger partial charge is 0.550 e. The van der Waals surface area contributed by atoms with E-state index in [1.165, 1.54) is 12.8 Å². The van der Waals surface area contributed by atoms with Gasteiger partial charge in [-0.1, -0.05) is 24.3 Å². The van der Waals surface area contributed by atoms with Crippen LogP contribution in [0, 0.1) is 41.4 Å². The van der Waals surface area contributed by atoms with Gasteiger partial charge in [0.25, 0.3) is 0 Å². The summed E-state index contributed by atoms with van der Waals surface area (Å²) in [7, 11) is 0. The average Bonchev–Trinajstić information content (AvgIpc) is 3.25. The molecule has 0 heterocycles. The van der Waals surface area contributed by atoms with Gasteiger partial charge < -0.3 is 15.2 Å². The first-order chi connectivity index (χ1) is 10.6. The van der Waals surface area contributed by atoms with Crippen molar-refractivity contribution in [2.24, 2.45) is 41.4 Å². The number of rotatable bonds is 5. The van der Waals surface area contributed by atoms with Gasteiger partial charge in [0.1, 0.15) is 0 Å². The molecule has 0 aromatic carbocycles.